The lowest BCUT2D eigenvalue weighted by atomic mass is 10.1. The summed E-state index contributed by atoms with van der Waals surface area (Å²) in [5, 5.41) is 6.24. The molecule has 0 saturated carbocycles. The van der Waals surface area contributed by atoms with E-state index in [2.05, 4.69) is 20.6 Å². The van der Waals surface area contributed by atoms with Crippen LogP contribution in [0.15, 0.2) is 30.5 Å². The lowest BCUT2D eigenvalue weighted by Crippen LogP contribution is -2.21. The molecule has 1 amide bonds. The first-order chi connectivity index (χ1) is 15.4. The van der Waals surface area contributed by atoms with E-state index in [1.165, 1.54) is 6.20 Å². The second-order valence-corrected chi connectivity index (χ2v) is 8.19. The molecular formula is C24H31F3N4O2. The monoisotopic (exact) mass is 464 g/mol. The first kappa shape index (κ1) is 26.2. The molecule has 9 heteroatoms. The minimum atomic E-state index is -4.26. The lowest BCUT2D eigenvalue weighted by molar-refractivity contribution is -0.139. The Kier molecular flexibility index (Phi) is 8.84. The highest BCUT2D eigenvalue weighted by atomic mass is 19.4. The van der Waals surface area contributed by atoms with Gasteiger partial charge in [-0.3, -0.25) is 9.78 Å². The van der Waals surface area contributed by atoms with Crippen molar-refractivity contribution in [3.05, 3.63) is 53.0 Å². The number of ether oxygens (including phenoxy) is 1. The van der Waals surface area contributed by atoms with Gasteiger partial charge in [0.25, 0.3) is 0 Å². The molecule has 2 heterocycles. The number of aromatic nitrogens is 2. The zero-order chi connectivity index (χ0) is 24.8. The Morgan fingerprint density at radius 1 is 1.18 bits per heavy atom. The third kappa shape index (κ3) is 8.07. The third-order valence-electron chi connectivity index (χ3n) is 4.89. The van der Waals surface area contributed by atoms with E-state index in [9.17, 15) is 18.0 Å². The number of alkyl halides is 3. The van der Waals surface area contributed by atoms with Crippen LogP contribution in [0.1, 0.15) is 62.7 Å². The number of aryl methyl sites for hydroxylation is 2. The number of hydrogen-bond donors (Lipinski definition) is 2. The summed E-state index contributed by atoms with van der Waals surface area (Å²) in [5.41, 5.74) is 3.80. The topological polar surface area (TPSA) is 76.1 Å². The van der Waals surface area contributed by atoms with Crippen molar-refractivity contribution in [1.82, 2.24) is 15.3 Å². The van der Waals surface area contributed by atoms with E-state index in [-0.39, 0.29) is 17.9 Å². The molecule has 0 bridgehead atoms. The molecule has 0 aliphatic carbocycles. The molecule has 0 saturated heterocycles. The van der Waals surface area contributed by atoms with Crippen molar-refractivity contribution in [2.75, 3.05) is 11.9 Å². The van der Waals surface area contributed by atoms with Crippen LogP contribution < -0.4 is 15.4 Å². The Morgan fingerprint density at radius 2 is 1.88 bits per heavy atom. The highest BCUT2D eigenvalue weighted by molar-refractivity contribution is 5.91. The van der Waals surface area contributed by atoms with Crippen LogP contribution in [0.2, 0.25) is 0 Å². The van der Waals surface area contributed by atoms with Gasteiger partial charge in [0.05, 0.1) is 30.6 Å². The molecule has 0 fully saturated rings. The number of allylic oxidation sites excluding steroid dienone is 1. The standard InChI is InChI=1S/C24H31F3N4O2/c1-7-19(20-10-15(4)21(13-28-20)33-9-8-24(25,26)27)30-17(6)18-11-16(5)29-22(12-18)31-23(32)14(2)3/h7,10-14,17,30H,8-9H2,1-6H3,(H,29,31,32). The van der Waals surface area contributed by atoms with Crippen LogP contribution >= 0.6 is 0 Å². The first-order valence-electron chi connectivity index (χ1n) is 10.8. The maximum atomic E-state index is 12.3. The molecular weight excluding hydrogens is 433 g/mol. The van der Waals surface area contributed by atoms with Crippen molar-refractivity contribution in [2.45, 2.75) is 60.2 Å². The van der Waals surface area contributed by atoms with E-state index in [1.807, 2.05) is 52.8 Å². The number of rotatable bonds is 9. The van der Waals surface area contributed by atoms with Gasteiger partial charge in [0, 0.05) is 17.7 Å². The minimum absolute atomic E-state index is 0.106. The van der Waals surface area contributed by atoms with Crippen LogP contribution in [0.3, 0.4) is 0 Å². The zero-order valence-electron chi connectivity index (χ0n) is 19.8. The summed E-state index contributed by atoms with van der Waals surface area (Å²) in [5.74, 6) is 0.553. The van der Waals surface area contributed by atoms with Gasteiger partial charge in [-0.2, -0.15) is 13.2 Å². The molecule has 2 aromatic heterocycles. The Hall–Kier alpha value is -3.10. The number of carbonyl (C=O) groups excluding carboxylic acids is 1. The largest absolute Gasteiger partial charge is 0.491 e. The van der Waals surface area contributed by atoms with Crippen LogP contribution in [0, 0.1) is 19.8 Å². The third-order valence-corrected chi connectivity index (χ3v) is 4.89. The van der Waals surface area contributed by atoms with E-state index < -0.39 is 19.2 Å². The zero-order valence-corrected chi connectivity index (χ0v) is 19.8. The average molecular weight is 465 g/mol. The second-order valence-electron chi connectivity index (χ2n) is 8.19. The number of carbonyl (C=O) groups is 1. The molecule has 180 valence electrons. The molecule has 0 aliphatic rings. The number of nitrogens with one attached hydrogen (secondary N) is 2. The van der Waals surface area contributed by atoms with Gasteiger partial charge in [-0.15, -0.1) is 0 Å². The number of pyridine rings is 2. The molecule has 0 aromatic carbocycles. The quantitative estimate of drug-likeness (QED) is 0.496. The van der Waals surface area contributed by atoms with Crippen LogP contribution in [0.4, 0.5) is 19.0 Å². The Morgan fingerprint density at radius 3 is 2.45 bits per heavy atom. The van der Waals surface area contributed by atoms with E-state index >= 15 is 0 Å². The summed E-state index contributed by atoms with van der Waals surface area (Å²) in [4.78, 5) is 20.8. The van der Waals surface area contributed by atoms with Crippen molar-refractivity contribution in [3.63, 3.8) is 0 Å². The van der Waals surface area contributed by atoms with Crippen LogP contribution in [0.25, 0.3) is 5.70 Å². The normalized spacial score (nSPS) is 13.1. The smallest absolute Gasteiger partial charge is 0.392 e. The molecule has 0 spiro atoms. The van der Waals surface area contributed by atoms with Crippen molar-refractivity contribution >= 4 is 17.4 Å². The fourth-order valence-electron chi connectivity index (χ4n) is 3.02. The Labute approximate surface area is 192 Å². The second kappa shape index (κ2) is 11.2. The van der Waals surface area contributed by atoms with E-state index in [4.69, 9.17) is 4.74 Å². The SMILES string of the molecule is CC=C(NC(C)c1cc(C)nc(NC(=O)C(C)C)c1)c1cc(C)c(OCCC(F)(F)F)cn1. The average Bonchev–Trinajstić information content (AvgIpc) is 2.71. The molecule has 6 nitrogen and oxygen atoms in total. The fraction of sp³-hybridized carbons (Fsp3) is 0.458. The van der Waals surface area contributed by atoms with Crippen molar-refractivity contribution in [1.29, 1.82) is 0 Å². The molecule has 33 heavy (non-hydrogen) atoms. The van der Waals surface area contributed by atoms with Gasteiger partial charge in [0.2, 0.25) is 5.91 Å². The lowest BCUT2D eigenvalue weighted by Gasteiger charge is -2.20. The predicted octanol–water partition coefficient (Wildman–Crippen LogP) is 5.73. The van der Waals surface area contributed by atoms with E-state index in [1.54, 1.807) is 13.0 Å². The van der Waals surface area contributed by atoms with Gasteiger partial charge in [-0.1, -0.05) is 19.9 Å². The van der Waals surface area contributed by atoms with Crippen molar-refractivity contribution in [3.8, 4) is 5.75 Å². The number of amides is 1. The van der Waals surface area contributed by atoms with Gasteiger partial charge >= 0.3 is 6.18 Å². The van der Waals surface area contributed by atoms with Gasteiger partial charge in [-0.25, -0.2) is 4.98 Å². The Balaban J connectivity index is 2.13. The van der Waals surface area contributed by atoms with Gasteiger partial charge in [0.1, 0.15) is 11.6 Å². The molecule has 0 aliphatic heterocycles. The summed E-state index contributed by atoms with van der Waals surface area (Å²) in [6.45, 7) is 10.7. The molecule has 1 atom stereocenters. The first-order valence-corrected chi connectivity index (χ1v) is 10.8. The van der Waals surface area contributed by atoms with Crippen LogP contribution in [0.5, 0.6) is 5.75 Å². The molecule has 1 unspecified atom stereocenters. The Bertz CT molecular complexity index is 1000. The number of halogens is 3. The summed E-state index contributed by atoms with van der Waals surface area (Å²) in [7, 11) is 0. The number of hydrogen-bond acceptors (Lipinski definition) is 5. The highest BCUT2D eigenvalue weighted by Gasteiger charge is 2.27. The molecule has 2 rings (SSSR count). The van der Waals surface area contributed by atoms with Gasteiger partial charge < -0.3 is 15.4 Å². The number of nitrogens with zero attached hydrogens (tertiary/aromatic N) is 2. The minimum Gasteiger partial charge on any atom is -0.491 e. The van der Waals surface area contributed by atoms with E-state index in [0.29, 0.717) is 22.8 Å². The predicted molar refractivity (Wildman–Crippen MR) is 123 cm³/mol. The summed E-state index contributed by atoms with van der Waals surface area (Å²) < 4.78 is 42.3. The molecule has 2 aromatic rings. The number of anilines is 1. The van der Waals surface area contributed by atoms with E-state index in [0.717, 1.165) is 17.0 Å². The maximum absolute atomic E-state index is 12.3. The van der Waals surface area contributed by atoms with Gasteiger partial charge in [0.15, 0.2) is 0 Å². The van der Waals surface area contributed by atoms with Gasteiger partial charge in [-0.05, 0) is 57.0 Å². The van der Waals surface area contributed by atoms with Crippen LogP contribution in [-0.2, 0) is 4.79 Å². The van der Waals surface area contributed by atoms with Crippen LogP contribution in [-0.4, -0.2) is 28.7 Å². The molecule has 2 N–H and O–H groups in total. The maximum Gasteiger partial charge on any atom is 0.392 e. The summed E-state index contributed by atoms with van der Waals surface area (Å²) in [6, 6.07) is 5.41. The highest BCUT2D eigenvalue weighted by Crippen LogP contribution is 2.25. The molecule has 0 radical (unpaired) electrons. The van der Waals surface area contributed by atoms with Crippen molar-refractivity contribution in [2.24, 2.45) is 5.92 Å². The summed E-state index contributed by atoms with van der Waals surface area (Å²) in [6.07, 6.45) is -1.97. The van der Waals surface area contributed by atoms with Crippen molar-refractivity contribution < 1.29 is 22.7 Å². The fourth-order valence-corrected chi connectivity index (χ4v) is 3.02. The summed E-state index contributed by atoms with van der Waals surface area (Å²) >= 11 is 0.